The number of rotatable bonds is 6. The molecule has 8 heteroatoms. The van der Waals surface area contributed by atoms with Gasteiger partial charge in [0, 0.05) is 25.2 Å². The maximum atomic E-state index is 13.1. The summed E-state index contributed by atoms with van der Waals surface area (Å²) < 4.78 is 27.6. The molecular weight excluding hydrogens is 318 g/mol. The Bertz CT molecular complexity index is 697. The topological polar surface area (TPSA) is 92.6 Å². The van der Waals surface area contributed by atoms with Crippen LogP contribution in [-0.4, -0.2) is 43.3 Å². The van der Waals surface area contributed by atoms with E-state index in [0.29, 0.717) is 25.1 Å². The van der Waals surface area contributed by atoms with Gasteiger partial charge in [-0.15, -0.1) is 0 Å². The van der Waals surface area contributed by atoms with E-state index in [-0.39, 0.29) is 16.6 Å². The smallest absolute Gasteiger partial charge is 0.289 e. The first-order valence-corrected chi connectivity index (χ1v) is 9.21. The molecule has 1 aliphatic rings. The number of benzene rings is 1. The number of hydrogen-bond donors (Lipinski definition) is 1. The van der Waals surface area contributed by atoms with Crippen LogP contribution in [0.15, 0.2) is 17.0 Å². The van der Waals surface area contributed by atoms with E-state index in [1.807, 2.05) is 6.92 Å². The number of nitrogens with one attached hydrogen (secondary N) is 1. The van der Waals surface area contributed by atoms with E-state index >= 15 is 0 Å². The van der Waals surface area contributed by atoms with Gasteiger partial charge in [0.15, 0.2) is 4.90 Å². The molecule has 0 aliphatic carbocycles. The average Bonchev–Trinajstić information content (AvgIpc) is 3.00. The molecular formula is C15H23N3O4S. The highest BCUT2D eigenvalue weighted by Gasteiger charge is 2.37. The number of hydrogen-bond acceptors (Lipinski definition) is 5. The average molecular weight is 341 g/mol. The Morgan fingerprint density at radius 3 is 2.52 bits per heavy atom. The predicted molar refractivity (Wildman–Crippen MR) is 88.0 cm³/mol. The van der Waals surface area contributed by atoms with Crippen LogP contribution < -0.4 is 5.32 Å². The van der Waals surface area contributed by atoms with Crippen LogP contribution in [0.2, 0.25) is 0 Å². The molecule has 1 aliphatic heterocycles. The maximum Gasteiger partial charge on any atom is 0.289 e. The second-order valence-corrected chi connectivity index (χ2v) is 7.78. The van der Waals surface area contributed by atoms with Gasteiger partial charge in [-0.2, -0.15) is 4.31 Å². The van der Waals surface area contributed by atoms with Crippen molar-refractivity contribution in [2.75, 3.05) is 19.6 Å². The summed E-state index contributed by atoms with van der Waals surface area (Å²) in [5.41, 5.74) is 1.09. The molecule has 1 heterocycles. The summed E-state index contributed by atoms with van der Waals surface area (Å²) in [5, 5.41) is 14.5. The van der Waals surface area contributed by atoms with Crippen molar-refractivity contribution in [3.8, 4) is 0 Å². The first kappa shape index (κ1) is 17.8. The molecule has 0 aromatic heterocycles. The molecule has 0 spiro atoms. The van der Waals surface area contributed by atoms with E-state index < -0.39 is 14.9 Å². The Kier molecular flexibility index (Phi) is 5.38. The second kappa shape index (κ2) is 6.94. The number of aryl methyl sites for hydroxylation is 2. The van der Waals surface area contributed by atoms with Gasteiger partial charge in [-0.25, -0.2) is 8.42 Å². The largest absolute Gasteiger partial charge is 0.315 e. The van der Waals surface area contributed by atoms with E-state index in [0.717, 1.165) is 18.5 Å². The Hall–Kier alpha value is -1.51. The van der Waals surface area contributed by atoms with Crippen LogP contribution in [0.25, 0.3) is 0 Å². The molecule has 1 atom stereocenters. The molecule has 128 valence electrons. The van der Waals surface area contributed by atoms with Gasteiger partial charge in [0.05, 0.1) is 4.92 Å². The summed E-state index contributed by atoms with van der Waals surface area (Å²) in [6.45, 7) is 7.11. The fourth-order valence-corrected chi connectivity index (χ4v) is 4.83. The predicted octanol–water partition coefficient (Wildman–Crippen LogP) is 1.97. The van der Waals surface area contributed by atoms with Crippen LogP contribution >= 0.6 is 0 Å². The van der Waals surface area contributed by atoms with Gasteiger partial charge in [-0.1, -0.05) is 6.92 Å². The van der Waals surface area contributed by atoms with Crippen molar-refractivity contribution in [2.24, 2.45) is 0 Å². The van der Waals surface area contributed by atoms with E-state index in [4.69, 9.17) is 0 Å². The molecule has 1 aromatic rings. The monoisotopic (exact) mass is 341 g/mol. The van der Waals surface area contributed by atoms with Crippen molar-refractivity contribution in [1.29, 1.82) is 0 Å². The molecule has 1 unspecified atom stereocenters. The van der Waals surface area contributed by atoms with Crippen molar-refractivity contribution in [3.05, 3.63) is 33.4 Å². The van der Waals surface area contributed by atoms with Crippen LogP contribution in [0.3, 0.4) is 0 Å². The summed E-state index contributed by atoms with van der Waals surface area (Å²) in [7, 11) is -3.91. The maximum absolute atomic E-state index is 13.1. The lowest BCUT2D eigenvalue weighted by molar-refractivity contribution is -0.387. The molecule has 0 saturated carbocycles. The van der Waals surface area contributed by atoms with Crippen LogP contribution in [0.5, 0.6) is 0 Å². The molecule has 2 rings (SSSR count). The van der Waals surface area contributed by atoms with Crippen molar-refractivity contribution in [2.45, 2.75) is 44.6 Å². The standard InChI is InChI=1S/C15H23N3O4S/c1-4-7-17(13-5-6-16-10-13)23(21,22)15-9-12(3)11(2)8-14(15)18(19)20/h8-9,13,16H,4-7,10H2,1-3H3. The van der Waals surface area contributed by atoms with Crippen molar-refractivity contribution in [1.82, 2.24) is 9.62 Å². The SMILES string of the molecule is CCCN(C1CCNC1)S(=O)(=O)c1cc(C)c(C)cc1[N+](=O)[O-]. The lowest BCUT2D eigenvalue weighted by atomic mass is 10.1. The molecule has 0 radical (unpaired) electrons. The van der Waals surface area contributed by atoms with Crippen molar-refractivity contribution < 1.29 is 13.3 Å². The first-order chi connectivity index (χ1) is 10.8. The van der Waals surface area contributed by atoms with Crippen LogP contribution in [0.1, 0.15) is 30.9 Å². The Morgan fingerprint density at radius 1 is 1.35 bits per heavy atom. The van der Waals surface area contributed by atoms with Crippen molar-refractivity contribution in [3.63, 3.8) is 0 Å². The molecule has 1 N–H and O–H groups in total. The number of nitro benzene ring substituents is 1. The zero-order valence-corrected chi connectivity index (χ0v) is 14.5. The molecule has 0 amide bonds. The zero-order valence-electron chi connectivity index (χ0n) is 13.7. The molecule has 7 nitrogen and oxygen atoms in total. The molecule has 23 heavy (non-hydrogen) atoms. The van der Waals surface area contributed by atoms with Gasteiger partial charge in [0.2, 0.25) is 10.0 Å². The van der Waals surface area contributed by atoms with E-state index in [9.17, 15) is 18.5 Å². The summed E-state index contributed by atoms with van der Waals surface area (Å²) in [6, 6.07) is 2.62. The Balaban J connectivity index is 2.56. The number of nitrogens with zero attached hydrogens (tertiary/aromatic N) is 2. The highest BCUT2D eigenvalue weighted by atomic mass is 32.2. The summed E-state index contributed by atoms with van der Waals surface area (Å²) in [5.74, 6) is 0. The van der Waals surface area contributed by atoms with Crippen LogP contribution in [0, 0.1) is 24.0 Å². The number of sulfonamides is 1. The fourth-order valence-electron chi connectivity index (χ4n) is 2.85. The second-order valence-electron chi connectivity index (χ2n) is 5.92. The van der Waals surface area contributed by atoms with Gasteiger partial charge >= 0.3 is 0 Å². The minimum absolute atomic E-state index is 0.152. The third-order valence-corrected chi connectivity index (χ3v) is 6.23. The lowest BCUT2D eigenvalue weighted by Gasteiger charge is -2.27. The van der Waals surface area contributed by atoms with Crippen LogP contribution in [0.4, 0.5) is 5.69 Å². The van der Waals surface area contributed by atoms with Gasteiger partial charge in [-0.05, 0) is 50.4 Å². The highest BCUT2D eigenvalue weighted by molar-refractivity contribution is 7.89. The summed E-state index contributed by atoms with van der Waals surface area (Å²) in [4.78, 5) is 10.5. The highest BCUT2D eigenvalue weighted by Crippen LogP contribution is 2.31. The normalized spacial score (nSPS) is 18.5. The summed E-state index contributed by atoms with van der Waals surface area (Å²) in [6.07, 6.45) is 1.38. The molecule has 1 saturated heterocycles. The number of nitro groups is 1. The molecule has 1 aromatic carbocycles. The Labute approximate surface area is 136 Å². The fraction of sp³-hybridized carbons (Fsp3) is 0.600. The van der Waals surface area contributed by atoms with Gasteiger partial charge in [-0.3, -0.25) is 10.1 Å². The minimum atomic E-state index is -3.91. The molecule has 1 fully saturated rings. The minimum Gasteiger partial charge on any atom is -0.315 e. The van der Waals surface area contributed by atoms with E-state index in [1.165, 1.54) is 16.4 Å². The van der Waals surface area contributed by atoms with E-state index in [1.54, 1.807) is 13.8 Å². The van der Waals surface area contributed by atoms with Crippen LogP contribution in [-0.2, 0) is 10.0 Å². The quantitative estimate of drug-likeness (QED) is 0.631. The van der Waals surface area contributed by atoms with Gasteiger partial charge in [0.25, 0.3) is 5.69 Å². The van der Waals surface area contributed by atoms with E-state index in [2.05, 4.69) is 5.32 Å². The zero-order chi connectivity index (χ0) is 17.2. The third-order valence-electron chi connectivity index (χ3n) is 4.24. The summed E-state index contributed by atoms with van der Waals surface area (Å²) >= 11 is 0. The van der Waals surface area contributed by atoms with Gasteiger partial charge in [0.1, 0.15) is 0 Å². The first-order valence-electron chi connectivity index (χ1n) is 7.77. The van der Waals surface area contributed by atoms with Crippen molar-refractivity contribution >= 4 is 15.7 Å². The molecule has 0 bridgehead atoms. The van der Waals surface area contributed by atoms with Gasteiger partial charge < -0.3 is 5.32 Å². The Morgan fingerprint density at radius 2 is 2.00 bits per heavy atom. The lowest BCUT2D eigenvalue weighted by Crippen LogP contribution is -2.42. The third kappa shape index (κ3) is 3.54.